The van der Waals surface area contributed by atoms with Crippen molar-refractivity contribution in [1.29, 1.82) is 0 Å². The van der Waals surface area contributed by atoms with Crippen molar-refractivity contribution in [1.82, 2.24) is 5.32 Å². The Labute approximate surface area is 121 Å². The van der Waals surface area contributed by atoms with Gasteiger partial charge >= 0.3 is 6.18 Å². The molecule has 1 aliphatic rings. The molecule has 21 heavy (non-hydrogen) atoms. The van der Waals surface area contributed by atoms with E-state index in [0.717, 1.165) is 30.9 Å². The Bertz CT molecular complexity index is 469. The zero-order valence-corrected chi connectivity index (χ0v) is 11.7. The van der Waals surface area contributed by atoms with Crippen LogP contribution in [0.3, 0.4) is 0 Å². The Morgan fingerprint density at radius 1 is 1.29 bits per heavy atom. The van der Waals surface area contributed by atoms with Crippen LogP contribution in [-0.2, 0) is 6.18 Å². The molecule has 0 radical (unpaired) electrons. The summed E-state index contributed by atoms with van der Waals surface area (Å²) in [5.41, 5.74) is 4.75. The van der Waals surface area contributed by atoms with E-state index in [4.69, 9.17) is 5.73 Å². The molecule has 0 heterocycles. The molecule has 6 heteroatoms. The molecule has 1 aromatic rings. The topological polar surface area (TPSA) is 38.0 Å². The maximum Gasteiger partial charge on any atom is 0.419 e. The molecule has 118 valence electrons. The van der Waals surface area contributed by atoms with Gasteiger partial charge in [0.1, 0.15) is 5.82 Å². The van der Waals surface area contributed by atoms with Gasteiger partial charge < -0.3 is 11.1 Å². The maximum atomic E-state index is 13.3. The molecule has 0 saturated heterocycles. The Morgan fingerprint density at radius 2 is 2.00 bits per heavy atom. The summed E-state index contributed by atoms with van der Waals surface area (Å²) in [4.78, 5) is 0. The normalized spacial score (nSPS) is 17.0. The van der Waals surface area contributed by atoms with Gasteiger partial charge in [0, 0.05) is 12.6 Å². The summed E-state index contributed by atoms with van der Waals surface area (Å²) in [6.45, 7) is 0.878. The fraction of sp³-hybridized carbons (Fsp3) is 0.600. The minimum Gasteiger partial charge on any atom is -0.329 e. The van der Waals surface area contributed by atoms with E-state index in [1.807, 2.05) is 0 Å². The first-order valence-corrected chi connectivity index (χ1v) is 7.22. The van der Waals surface area contributed by atoms with Crippen LogP contribution >= 0.6 is 0 Å². The van der Waals surface area contributed by atoms with Gasteiger partial charge in [-0.25, -0.2) is 4.39 Å². The zero-order valence-electron chi connectivity index (χ0n) is 11.7. The molecule has 3 N–H and O–H groups in total. The molecule has 1 atom stereocenters. The van der Waals surface area contributed by atoms with Gasteiger partial charge in [0.2, 0.25) is 0 Å². The minimum atomic E-state index is -4.69. The third-order valence-electron chi connectivity index (χ3n) is 3.81. The lowest BCUT2D eigenvalue weighted by Crippen LogP contribution is -2.29. The fourth-order valence-corrected chi connectivity index (χ4v) is 2.39. The van der Waals surface area contributed by atoms with Crippen LogP contribution in [0.15, 0.2) is 18.2 Å². The number of benzene rings is 1. The van der Waals surface area contributed by atoms with E-state index in [2.05, 4.69) is 5.32 Å². The molecule has 0 aromatic heterocycles. The van der Waals surface area contributed by atoms with E-state index in [0.29, 0.717) is 12.1 Å². The summed E-state index contributed by atoms with van der Waals surface area (Å²) in [5.74, 6) is -0.429. The van der Waals surface area contributed by atoms with Gasteiger partial charge in [-0.2, -0.15) is 13.2 Å². The highest BCUT2D eigenvalue weighted by Gasteiger charge is 2.34. The quantitative estimate of drug-likeness (QED) is 0.596. The van der Waals surface area contributed by atoms with Crippen LogP contribution in [0, 0.1) is 11.7 Å². The van der Waals surface area contributed by atoms with Crippen molar-refractivity contribution in [3.05, 3.63) is 35.1 Å². The SMILES string of the molecule is NCC(NCCCC1CC1)c1ccc(F)c(C(F)(F)F)c1. The van der Waals surface area contributed by atoms with Gasteiger partial charge in [-0.05, 0) is 43.0 Å². The number of nitrogens with two attached hydrogens (primary N) is 1. The van der Waals surface area contributed by atoms with Crippen LogP contribution < -0.4 is 11.1 Å². The number of alkyl halides is 3. The zero-order chi connectivity index (χ0) is 15.5. The highest BCUT2D eigenvalue weighted by Crippen LogP contribution is 2.34. The summed E-state index contributed by atoms with van der Waals surface area (Å²) in [6, 6.07) is 2.68. The average Bonchev–Trinajstić information content (AvgIpc) is 3.23. The molecular formula is C15H20F4N2. The monoisotopic (exact) mass is 304 g/mol. The number of hydrogen-bond acceptors (Lipinski definition) is 2. The molecule has 1 saturated carbocycles. The minimum absolute atomic E-state index is 0.173. The third kappa shape index (κ3) is 4.68. The van der Waals surface area contributed by atoms with Crippen LogP contribution in [0.1, 0.15) is 42.9 Å². The molecule has 0 aliphatic heterocycles. The maximum absolute atomic E-state index is 13.3. The summed E-state index contributed by atoms with van der Waals surface area (Å²) in [6.07, 6.45) is 0.00165. The molecule has 2 nitrogen and oxygen atoms in total. The second-order valence-electron chi connectivity index (χ2n) is 5.57. The Kier molecular flexibility index (Phi) is 5.22. The van der Waals surface area contributed by atoms with Crippen LogP contribution in [0.4, 0.5) is 17.6 Å². The first-order valence-electron chi connectivity index (χ1n) is 7.22. The Hall–Kier alpha value is -1.14. The van der Waals surface area contributed by atoms with Crippen molar-refractivity contribution < 1.29 is 17.6 Å². The second-order valence-corrected chi connectivity index (χ2v) is 5.57. The summed E-state index contributed by atoms with van der Waals surface area (Å²) >= 11 is 0. The largest absolute Gasteiger partial charge is 0.419 e. The van der Waals surface area contributed by atoms with Gasteiger partial charge in [0.25, 0.3) is 0 Å². The van der Waals surface area contributed by atoms with Crippen LogP contribution in [0.2, 0.25) is 0 Å². The molecule has 1 aromatic carbocycles. The van der Waals surface area contributed by atoms with E-state index in [1.165, 1.54) is 18.9 Å². The summed E-state index contributed by atoms with van der Waals surface area (Å²) in [7, 11) is 0. The van der Waals surface area contributed by atoms with Gasteiger partial charge in [0.05, 0.1) is 5.56 Å². The number of rotatable bonds is 7. The fourth-order valence-electron chi connectivity index (χ4n) is 2.39. The van der Waals surface area contributed by atoms with E-state index in [1.54, 1.807) is 0 Å². The molecule has 0 amide bonds. The number of nitrogens with one attached hydrogen (secondary N) is 1. The van der Waals surface area contributed by atoms with E-state index >= 15 is 0 Å². The van der Waals surface area contributed by atoms with Gasteiger partial charge in [0.15, 0.2) is 0 Å². The van der Waals surface area contributed by atoms with Crippen molar-refractivity contribution in [3.8, 4) is 0 Å². The Morgan fingerprint density at radius 3 is 2.57 bits per heavy atom. The number of hydrogen-bond donors (Lipinski definition) is 2. The standard InChI is InChI=1S/C15H20F4N2/c16-13-6-5-11(8-12(13)15(17,18)19)14(9-20)21-7-1-2-10-3-4-10/h5-6,8,10,14,21H,1-4,7,9,20H2. The molecule has 1 aliphatic carbocycles. The number of halogens is 4. The highest BCUT2D eigenvalue weighted by atomic mass is 19.4. The lowest BCUT2D eigenvalue weighted by Gasteiger charge is -2.19. The van der Waals surface area contributed by atoms with Gasteiger partial charge in [-0.1, -0.05) is 18.9 Å². The van der Waals surface area contributed by atoms with Crippen LogP contribution in [-0.4, -0.2) is 13.1 Å². The third-order valence-corrected chi connectivity index (χ3v) is 3.81. The predicted molar refractivity (Wildman–Crippen MR) is 73.2 cm³/mol. The first-order chi connectivity index (χ1) is 9.91. The summed E-state index contributed by atoms with van der Waals surface area (Å²) < 4.78 is 51.4. The molecule has 1 unspecified atom stereocenters. The van der Waals surface area contributed by atoms with E-state index in [9.17, 15) is 17.6 Å². The lowest BCUT2D eigenvalue weighted by atomic mass is 10.0. The van der Waals surface area contributed by atoms with Crippen LogP contribution in [0.25, 0.3) is 0 Å². The van der Waals surface area contributed by atoms with E-state index in [-0.39, 0.29) is 12.6 Å². The van der Waals surface area contributed by atoms with E-state index < -0.39 is 17.6 Å². The van der Waals surface area contributed by atoms with Crippen LogP contribution in [0.5, 0.6) is 0 Å². The second kappa shape index (κ2) is 6.75. The molecule has 0 bridgehead atoms. The highest BCUT2D eigenvalue weighted by molar-refractivity contribution is 5.29. The molecule has 0 spiro atoms. The van der Waals surface area contributed by atoms with Crippen molar-refractivity contribution in [2.75, 3.05) is 13.1 Å². The first kappa shape index (κ1) is 16.2. The van der Waals surface area contributed by atoms with Gasteiger partial charge in [-0.3, -0.25) is 0 Å². The van der Waals surface area contributed by atoms with Crippen molar-refractivity contribution in [2.45, 2.75) is 37.9 Å². The lowest BCUT2D eigenvalue weighted by molar-refractivity contribution is -0.140. The summed E-state index contributed by atoms with van der Waals surface area (Å²) in [5, 5.41) is 3.15. The molecular weight excluding hydrogens is 284 g/mol. The Balaban J connectivity index is 1.99. The smallest absolute Gasteiger partial charge is 0.329 e. The molecule has 2 rings (SSSR count). The van der Waals surface area contributed by atoms with Crippen molar-refractivity contribution in [2.24, 2.45) is 11.7 Å². The van der Waals surface area contributed by atoms with Crippen molar-refractivity contribution in [3.63, 3.8) is 0 Å². The van der Waals surface area contributed by atoms with Gasteiger partial charge in [-0.15, -0.1) is 0 Å². The average molecular weight is 304 g/mol. The predicted octanol–water partition coefficient (Wildman–Crippen LogP) is 3.62. The van der Waals surface area contributed by atoms with Crippen molar-refractivity contribution >= 4 is 0 Å². The molecule has 1 fully saturated rings.